The molecular formula is C20H22Cl2N8S. The lowest BCUT2D eigenvalue weighted by atomic mass is 9.73. The van der Waals surface area contributed by atoms with Crippen LogP contribution in [-0.4, -0.2) is 37.8 Å². The van der Waals surface area contributed by atoms with Crippen molar-refractivity contribution in [2.75, 3.05) is 23.7 Å². The first-order valence-electron chi connectivity index (χ1n) is 10.0. The number of nitrogens with two attached hydrogens (primary N) is 2. The zero-order valence-corrected chi connectivity index (χ0v) is 19.3. The Bertz CT molecular complexity index is 1140. The second kappa shape index (κ2) is 7.81. The number of pyridine rings is 1. The molecule has 2 aliphatic heterocycles. The second-order valence-electron chi connectivity index (χ2n) is 8.08. The van der Waals surface area contributed by atoms with Crippen molar-refractivity contribution in [3.63, 3.8) is 0 Å². The smallest absolute Gasteiger partial charge is 0.172 e. The van der Waals surface area contributed by atoms with E-state index in [0.717, 1.165) is 48.8 Å². The minimum atomic E-state index is 0.0109. The monoisotopic (exact) mass is 476 g/mol. The third kappa shape index (κ3) is 3.53. The summed E-state index contributed by atoms with van der Waals surface area (Å²) in [5.41, 5.74) is 14.4. The Labute approximate surface area is 194 Å². The number of hydrogen-bond acceptors (Lipinski definition) is 8. The first kappa shape index (κ1) is 20.8. The van der Waals surface area contributed by atoms with Crippen molar-refractivity contribution < 1.29 is 0 Å². The molecule has 3 aromatic rings. The Morgan fingerprint density at radius 1 is 1.16 bits per heavy atom. The lowest BCUT2D eigenvalue weighted by Gasteiger charge is -2.41. The Kier molecular flexibility index (Phi) is 5.24. The molecule has 0 radical (unpaired) electrons. The topological polar surface area (TPSA) is 112 Å². The van der Waals surface area contributed by atoms with Gasteiger partial charge in [-0.15, -0.1) is 0 Å². The molecule has 31 heavy (non-hydrogen) atoms. The van der Waals surface area contributed by atoms with Gasteiger partial charge in [0.05, 0.1) is 22.5 Å². The quantitative estimate of drug-likeness (QED) is 0.587. The number of anilines is 2. The predicted octanol–water partition coefficient (Wildman–Crippen LogP) is 3.72. The molecule has 3 aromatic heterocycles. The molecule has 8 nitrogen and oxygen atoms in total. The average molecular weight is 477 g/mol. The van der Waals surface area contributed by atoms with Gasteiger partial charge in [-0.25, -0.2) is 15.0 Å². The molecule has 4 N–H and O–H groups in total. The molecular weight excluding hydrogens is 455 g/mol. The van der Waals surface area contributed by atoms with Gasteiger partial charge in [-0.3, -0.25) is 4.68 Å². The van der Waals surface area contributed by atoms with E-state index in [1.54, 1.807) is 12.3 Å². The molecule has 0 aliphatic carbocycles. The van der Waals surface area contributed by atoms with Crippen LogP contribution in [0.25, 0.3) is 0 Å². The SMILES string of the molecule is Cc1nc(N2CCC3(CC2)Cn2nccc2C3N)c(Cl)nc1Sc1ccnc(N)c1Cl. The summed E-state index contributed by atoms with van der Waals surface area (Å²) in [6.45, 7) is 4.44. The molecule has 0 bridgehead atoms. The van der Waals surface area contributed by atoms with Gasteiger partial charge in [0, 0.05) is 42.3 Å². The van der Waals surface area contributed by atoms with Crippen molar-refractivity contribution in [2.24, 2.45) is 11.1 Å². The Hall–Kier alpha value is -2.07. The van der Waals surface area contributed by atoms with Crippen LogP contribution in [0.2, 0.25) is 10.2 Å². The van der Waals surface area contributed by atoms with Crippen LogP contribution < -0.4 is 16.4 Å². The van der Waals surface area contributed by atoms with Crippen LogP contribution >= 0.6 is 35.0 Å². The van der Waals surface area contributed by atoms with Crippen LogP contribution in [0, 0.1) is 12.3 Å². The zero-order valence-electron chi connectivity index (χ0n) is 16.9. The zero-order chi connectivity index (χ0) is 21.8. The van der Waals surface area contributed by atoms with E-state index >= 15 is 0 Å². The maximum atomic E-state index is 6.59. The van der Waals surface area contributed by atoms with Gasteiger partial charge in [-0.05, 0) is 31.9 Å². The standard InChI is InChI=1S/C20H22Cl2N8S/c1-11-19(31-13-3-6-25-17(24)14(13)21)28-16(22)18(27-11)29-8-4-20(5-9-29)10-30-12(15(20)23)2-7-26-30/h2-3,6-7,15H,4-5,8-10,23H2,1H3,(H2,24,25). The van der Waals surface area contributed by atoms with Gasteiger partial charge in [0.15, 0.2) is 11.0 Å². The highest BCUT2D eigenvalue weighted by molar-refractivity contribution is 7.99. The number of nitrogens with zero attached hydrogens (tertiary/aromatic N) is 6. The molecule has 1 saturated heterocycles. The van der Waals surface area contributed by atoms with Gasteiger partial charge in [0.1, 0.15) is 10.8 Å². The lowest BCUT2D eigenvalue weighted by molar-refractivity contribution is 0.170. The van der Waals surface area contributed by atoms with E-state index in [9.17, 15) is 0 Å². The fourth-order valence-corrected chi connectivity index (χ4v) is 5.86. The second-order valence-corrected chi connectivity index (χ2v) is 9.85. The van der Waals surface area contributed by atoms with Crippen molar-refractivity contribution in [2.45, 2.75) is 42.3 Å². The van der Waals surface area contributed by atoms with Gasteiger partial charge in [0.25, 0.3) is 0 Å². The van der Waals surface area contributed by atoms with Crippen LogP contribution in [0.1, 0.15) is 30.3 Å². The number of halogens is 2. The van der Waals surface area contributed by atoms with Crippen LogP contribution in [0.4, 0.5) is 11.6 Å². The molecule has 1 spiro atoms. The summed E-state index contributed by atoms with van der Waals surface area (Å²) in [4.78, 5) is 16.3. The lowest BCUT2D eigenvalue weighted by Crippen LogP contribution is -2.45. The van der Waals surface area contributed by atoms with E-state index in [1.807, 2.05) is 23.9 Å². The highest BCUT2D eigenvalue weighted by Gasteiger charge is 2.47. The minimum Gasteiger partial charge on any atom is -0.382 e. The van der Waals surface area contributed by atoms with Crippen molar-refractivity contribution in [1.82, 2.24) is 24.7 Å². The number of aromatic nitrogens is 5. The molecule has 5 rings (SSSR count). The van der Waals surface area contributed by atoms with Gasteiger partial charge < -0.3 is 16.4 Å². The number of rotatable bonds is 3. The summed E-state index contributed by atoms with van der Waals surface area (Å²) in [5, 5.41) is 5.89. The third-order valence-corrected chi connectivity index (χ3v) is 8.21. The maximum Gasteiger partial charge on any atom is 0.172 e. The summed E-state index contributed by atoms with van der Waals surface area (Å²) in [7, 11) is 0. The number of piperidine rings is 1. The van der Waals surface area contributed by atoms with E-state index < -0.39 is 0 Å². The van der Waals surface area contributed by atoms with Crippen molar-refractivity contribution in [3.05, 3.63) is 46.1 Å². The van der Waals surface area contributed by atoms with Gasteiger partial charge in [-0.2, -0.15) is 5.10 Å². The summed E-state index contributed by atoms with van der Waals surface area (Å²) in [6.07, 6.45) is 5.35. The fourth-order valence-electron chi connectivity index (χ4n) is 4.48. The molecule has 1 atom stereocenters. The average Bonchev–Trinajstić information content (AvgIpc) is 3.30. The summed E-state index contributed by atoms with van der Waals surface area (Å²) < 4.78 is 2.04. The number of nitrogen functional groups attached to an aromatic ring is 1. The highest BCUT2D eigenvalue weighted by atomic mass is 35.5. The van der Waals surface area contributed by atoms with Crippen LogP contribution in [0.15, 0.2) is 34.4 Å². The van der Waals surface area contributed by atoms with E-state index in [2.05, 4.69) is 20.0 Å². The first-order chi connectivity index (χ1) is 14.9. The van der Waals surface area contributed by atoms with E-state index in [1.165, 1.54) is 11.8 Å². The molecule has 1 unspecified atom stereocenters. The Morgan fingerprint density at radius 3 is 2.68 bits per heavy atom. The van der Waals surface area contributed by atoms with Gasteiger partial charge in [0.2, 0.25) is 0 Å². The molecule has 5 heterocycles. The van der Waals surface area contributed by atoms with Gasteiger partial charge >= 0.3 is 0 Å². The maximum absolute atomic E-state index is 6.59. The van der Waals surface area contributed by atoms with Gasteiger partial charge in [-0.1, -0.05) is 35.0 Å². The van der Waals surface area contributed by atoms with E-state index in [0.29, 0.717) is 21.0 Å². The van der Waals surface area contributed by atoms with Crippen LogP contribution in [0.3, 0.4) is 0 Å². The van der Waals surface area contributed by atoms with Crippen molar-refractivity contribution in [3.8, 4) is 0 Å². The summed E-state index contributed by atoms with van der Waals surface area (Å²) >= 11 is 14.2. The van der Waals surface area contributed by atoms with E-state index in [-0.39, 0.29) is 17.3 Å². The minimum absolute atomic E-state index is 0.0109. The molecule has 0 amide bonds. The number of fused-ring (bicyclic) bond motifs is 1. The predicted molar refractivity (Wildman–Crippen MR) is 123 cm³/mol. The molecule has 0 saturated carbocycles. The molecule has 2 aliphatic rings. The normalized spacial score (nSPS) is 19.7. The third-order valence-electron chi connectivity index (χ3n) is 6.31. The fraction of sp³-hybridized carbons (Fsp3) is 0.400. The Balaban J connectivity index is 1.33. The molecule has 162 valence electrons. The molecule has 11 heteroatoms. The van der Waals surface area contributed by atoms with Crippen molar-refractivity contribution in [1.29, 1.82) is 0 Å². The summed E-state index contributed by atoms with van der Waals surface area (Å²) in [6, 6.07) is 3.83. The van der Waals surface area contributed by atoms with Crippen LogP contribution in [-0.2, 0) is 6.54 Å². The molecule has 1 fully saturated rings. The molecule has 0 aromatic carbocycles. The van der Waals surface area contributed by atoms with E-state index in [4.69, 9.17) is 39.7 Å². The summed E-state index contributed by atoms with van der Waals surface area (Å²) in [5.74, 6) is 0.997. The number of aryl methyl sites for hydroxylation is 1. The first-order valence-corrected chi connectivity index (χ1v) is 11.6. The highest BCUT2D eigenvalue weighted by Crippen LogP contribution is 2.48. The largest absolute Gasteiger partial charge is 0.382 e. The Morgan fingerprint density at radius 2 is 1.94 bits per heavy atom. The number of hydrogen-bond donors (Lipinski definition) is 2. The van der Waals surface area contributed by atoms with Crippen LogP contribution in [0.5, 0.6) is 0 Å². The van der Waals surface area contributed by atoms with Crippen molar-refractivity contribution >= 4 is 46.6 Å².